The summed E-state index contributed by atoms with van der Waals surface area (Å²) in [6.07, 6.45) is 1.50. The molecule has 0 radical (unpaired) electrons. The van der Waals surface area contributed by atoms with Gasteiger partial charge in [-0.2, -0.15) is 20.1 Å². The van der Waals surface area contributed by atoms with Gasteiger partial charge in [0.15, 0.2) is 0 Å². The SMILES string of the molecule is Cc1ccc(Nc2nc(NN=Cc3cc(Br)ccc3O)nc(N3CCOCC3)n2)c(Br)c1. The number of hydrazone groups is 1. The van der Waals surface area contributed by atoms with Crippen LogP contribution >= 0.6 is 31.9 Å². The molecule has 0 spiro atoms. The second-order valence-corrected chi connectivity index (χ2v) is 8.83. The predicted molar refractivity (Wildman–Crippen MR) is 132 cm³/mol. The van der Waals surface area contributed by atoms with Gasteiger partial charge in [-0.3, -0.25) is 0 Å². The Hall–Kier alpha value is -2.76. The number of aryl methyl sites for hydroxylation is 1. The molecule has 3 N–H and O–H groups in total. The molecule has 0 saturated carbocycles. The van der Waals surface area contributed by atoms with Gasteiger partial charge >= 0.3 is 0 Å². The summed E-state index contributed by atoms with van der Waals surface area (Å²) in [5.41, 5.74) is 5.37. The second-order valence-electron chi connectivity index (χ2n) is 7.06. The van der Waals surface area contributed by atoms with E-state index in [1.165, 1.54) is 6.21 Å². The zero-order chi connectivity index (χ0) is 22.5. The van der Waals surface area contributed by atoms with Gasteiger partial charge in [-0.05, 0) is 58.7 Å². The van der Waals surface area contributed by atoms with Crippen molar-refractivity contribution in [3.63, 3.8) is 0 Å². The lowest BCUT2D eigenvalue weighted by Crippen LogP contribution is -2.37. The van der Waals surface area contributed by atoms with Crippen molar-refractivity contribution in [2.75, 3.05) is 41.9 Å². The quantitative estimate of drug-likeness (QED) is 0.299. The maximum atomic E-state index is 9.99. The Labute approximate surface area is 202 Å². The topological polar surface area (TPSA) is 108 Å². The first-order valence-electron chi connectivity index (χ1n) is 9.87. The molecular weight excluding hydrogens is 542 g/mol. The molecule has 3 aromatic rings. The fourth-order valence-electron chi connectivity index (χ4n) is 3.01. The zero-order valence-electron chi connectivity index (χ0n) is 17.2. The molecule has 4 rings (SSSR count). The number of aromatic hydroxyl groups is 1. The van der Waals surface area contributed by atoms with E-state index >= 15 is 0 Å². The van der Waals surface area contributed by atoms with E-state index in [2.05, 4.69) is 62.7 Å². The largest absolute Gasteiger partial charge is 0.507 e. The number of ether oxygens (including phenoxy) is 1. The van der Waals surface area contributed by atoms with E-state index in [-0.39, 0.29) is 11.7 Å². The highest BCUT2D eigenvalue weighted by Crippen LogP contribution is 2.27. The van der Waals surface area contributed by atoms with Crippen LogP contribution in [0, 0.1) is 6.92 Å². The van der Waals surface area contributed by atoms with Gasteiger partial charge in [0.05, 0.1) is 25.1 Å². The average molecular weight is 563 g/mol. The van der Waals surface area contributed by atoms with Crippen LogP contribution < -0.4 is 15.6 Å². The highest BCUT2D eigenvalue weighted by atomic mass is 79.9. The third-order valence-electron chi connectivity index (χ3n) is 4.65. The Morgan fingerprint density at radius 1 is 1.06 bits per heavy atom. The van der Waals surface area contributed by atoms with Crippen molar-refractivity contribution < 1.29 is 9.84 Å². The first kappa shape index (κ1) is 22.4. The second kappa shape index (κ2) is 10.2. The van der Waals surface area contributed by atoms with E-state index in [4.69, 9.17) is 4.74 Å². The molecule has 0 atom stereocenters. The molecule has 9 nitrogen and oxygen atoms in total. The van der Waals surface area contributed by atoms with Crippen molar-refractivity contribution in [2.45, 2.75) is 6.92 Å². The van der Waals surface area contributed by atoms with Gasteiger partial charge in [0.1, 0.15) is 5.75 Å². The third-order valence-corrected chi connectivity index (χ3v) is 5.80. The van der Waals surface area contributed by atoms with Crippen LogP contribution in [0.5, 0.6) is 5.75 Å². The van der Waals surface area contributed by atoms with Crippen LogP contribution in [0.25, 0.3) is 0 Å². The molecule has 1 fully saturated rings. The van der Waals surface area contributed by atoms with Crippen LogP contribution in [-0.4, -0.2) is 52.6 Å². The van der Waals surface area contributed by atoms with Crippen molar-refractivity contribution in [1.29, 1.82) is 0 Å². The fourth-order valence-corrected chi connectivity index (χ4v) is 3.98. The number of halogens is 2. The Bertz CT molecular complexity index is 1140. The highest BCUT2D eigenvalue weighted by molar-refractivity contribution is 9.10. The van der Waals surface area contributed by atoms with E-state index in [1.54, 1.807) is 18.2 Å². The number of hydrogen-bond donors (Lipinski definition) is 3. The molecular formula is C21H21Br2N7O2. The molecule has 1 aromatic heterocycles. The standard InChI is InChI=1S/C21H21Br2N7O2/c1-13-2-4-17(16(23)10-13)25-19-26-20(28-21(27-19)30-6-8-32-9-7-30)29-24-12-14-11-15(22)3-5-18(14)31/h2-5,10-12,31H,6-9H2,1H3,(H2,25,26,27,28,29). The smallest absolute Gasteiger partial charge is 0.250 e. The van der Waals surface area contributed by atoms with E-state index in [1.807, 2.05) is 30.0 Å². The summed E-state index contributed by atoms with van der Waals surface area (Å²) in [6.45, 7) is 4.62. The molecule has 11 heteroatoms. The number of morpholine rings is 1. The predicted octanol–water partition coefficient (Wildman–Crippen LogP) is 4.44. The molecule has 0 unspecified atom stereocenters. The molecule has 166 valence electrons. The highest BCUT2D eigenvalue weighted by Gasteiger charge is 2.17. The molecule has 2 aromatic carbocycles. The first-order valence-corrected chi connectivity index (χ1v) is 11.5. The minimum Gasteiger partial charge on any atom is -0.507 e. The lowest BCUT2D eigenvalue weighted by Gasteiger charge is -2.27. The molecule has 2 heterocycles. The van der Waals surface area contributed by atoms with Gasteiger partial charge in [-0.1, -0.05) is 22.0 Å². The maximum absolute atomic E-state index is 9.99. The summed E-state index contributed by atoms with van der Waals surface area (Å²) < 4.78 is 7.18. The summed E-state index contributed by atoms with van der Waals surface area (Å²) in [6, 6.07) is 11.1. The van der Waals surface area contributed by atoms with E-state index in [0.717, 1.165) is 20.2 Å². The van der Waals surface area contributed by atoms with Gasteiger partial charge in [0.25, 0.3) is 0 Å². The van der Waals surface area contributed by atoms with Crippen molar-refractivity contribution in [3.05, 3.63) is 56.5 Å². The molecule has 0 amide bonds. The van der Waals surface area contributed by atoms with Crippen LogP contribution in [0.4, 0.5) is 23.5 Å². The molecule has 1 aliphatic heterocycles. The summed E-state index contributed by atoms with van der Waals surface area (Å²) in [5, 5.41) is 17.4. The van der Waals surface area contributed by atoms with Gasteiger partial charge < -0.3 is 20.1 Å². The maximum Gasteiger partial charge on any atom is 0.250 e. The number of phenolic OH excluding ortho intramolecular Hbond substituents is 1. The third kappa shape index (κ3) is 5.72. The molecule has 32 heavy (non-hydrogen) atoms. The molecule has 1 aliphatic rings. The minimum atomic E-state index is 0.120. The Morgan fingerprint density at radius 2 is 1.84 bits per heavy atom. The molecule has 0 bridgehead atoms. The number of rotatable bonds is 6. The van der Waals surface area contributed by atoms with Crippen molar-refractivity contribution >= 4 is 61.6 Å². The number of anilines is 4. The van der Waals surface area contributed by atoms with Crippen LogP contribution in [0.15, 0.2) is 50.4 Å². The monoisotopic (exact) mass is 561 g/mol. The Morgan fingerprint density at radius 3 is 2.62 bits per heavy atom. The summed E-state index contributed by atoms with van der Waals surface area (Å²) in [5.74, 6) is 1.30. The average Bonchev–Trinajstić information content (AvgIpc) is 2.78. The van der Waals surface area contributed by atoms with E-state index in [0.29, 0.717) is 43.8 Å². The molecule has 1 saturated heterocycles. The lowest BCUT2D eigenvalue weighted by atomic mass is 10.2. The summed E-state index contributed by atoms with van der Waals surface area (Å²) in [4.78, 5) is 15.6. The van der Waals surface area contributed by atoms with Crippen molar-refractivity contribution in [1.82, 2.24) is 15.0 Å². The van der Waals surface area contributed by atoms with E-state index < -0.39 is 0 Å². The van der Waals surface area contributed by atoms with Gasteiger partial charge in [0.2, 0.25) is 17.8 Å². The van der Waals surface area contributed by atoms with Gasteiger partial charge in [0, 0.05) is 27.6 Å². The van der Waals surface area contributed by atoms with E-state index in [9.17, 15) is 5.11 Å². The number of nitrogens with zero attached hydrogens (tertiary/aromatic N) is 5. The van der Waals surface area contributed by atoms with Crippen LogP contribution in [0.3, 0.4) is 0 Å². The van der Waals surface area contributed by atoms with Crippen LogP contribution in [-0.2, 0) is 4.74 Å². The number of aromatic nitrogens is 3. The van der Waals surface area contributed by atoms with Gasteiger partial charge in [-0.25, -0.2) is 5.43 Å². The van der Waals surface area contributed by atoms with Crippen molar-refractivity contribution in [2.24, 2.45) is 5.10 Å². The first-order chi connectivity index (χ1) is 15.5. The normalized spacial score (nSPS) is 14.0. The zero-order valence-corrected chi connectivity index (χ0v) is 20.4. The Balaban J connectivity index is 1.60. The number of nitrogens with one attached hydrogen (secondary N) is 2. The van der Waals surface area contributed by atoms with Crippen molar-refractivity contribution in [3.8, 4) is 5.75 Å². The molecule has 0 aliphatic carbocycles. The lowest BCUT2D eigenvalue weighted by molar-refractivity contribution is 0.122. The van der Waals surface area contributed by atoms with Crippen LogP contribution in [0.2, 0.25) is 0 Å². The van der Waals surface area contributed by atoms with Crippen LogP contribution in [0.1, 0.15) is 11.1 Å². The Kier molecular flexibility index (Phi) is 7.18. The summed E-state index contributed by atoms with van der Waals surface area (Å²) >= 11 is 6.96. The number of hydrogen-bond acceptors (Lipinski definition) is 9. The minimum absolute atomic E-state index is 0.120. The number of benzene rings is 2. The fraction of sp³-hybridized carbons (Fsp3) is 0.238. The summed E-state index contributed by atoms with van der Waals surface area (Å²) in [7, 11) is 0. The number of phenols is 1. The van der Waals surface area contributed by atoms with Gasteiger partial charge in [-0.15, -0.1) is 0 Å².